The molecule has 0 aliphatic heterocycles. The van der Waals surface area contributed by atoms with Gasteiger partial charge in [-0.25, -0.2) is 15.0 Å². The van der Waals surface area contributed by atoms with Crippen LogP contribution in [-0.2, 0) is 11.3 Å². The molecule has 168 valence electrons. The van der Waals surface area contributed by atoms with E-state index >= 15 is 0 Å². The summed E-state index contributed by atoms with van der Waals surface area (Å²) in [4.78, 5) is 38.3. The van der Waals surface area contributed by atoms with Gasteiger partial charge >= 0.3 is 0 Å². The number of nitrogens with zero attached hydrogens (tertiary/aromatic N) is 4. The Bertz CT molecular complexity index is 1370. The number of hydrogen-bond acceptors (Lipinski definition) is 8. The Kier molecular flexibility index (Phi) is 6.16. The quantitative estimate of drug-likeness (QED) is 0.459. The molecule has 2 aromatic heterocycles. The molecule has 4 rings (SSSR count). The second kappa shape index (κ2) is 9.35. The van der Waals surface area contributed by atoms with Gasteiger partial charge < -0.3 is 19.5 Å². The highest BCUT2D eigenvalue weighted by Gasteiger charge is 2.13. The van der Waals surface area contributed by atoms with Gasteiger partial charge in [0.2, 0.25) is 5.91 Å². The average Bonchev–Trinajstić information content (AvgIpc) is 2.85. The van der Waals surface area contributed by atoms with Crippen LogP contribution in [0.5, 0.6) is 17.2 Å². The Labute approximate surface area is 188 Å². The number of methoxy groups -OCH3 is 3. The van der Waals surface area contributed by atoms with Crippen LogP contribution in [0.25, 0.3) is 22.4 Å². The van der Waals surface area contributed by atoms with Gasteiger partial charge in [-0.2, -0.15) is 0 Å². The van der Waals surface area contributed by atoms with Crippen LogP contribution < -0.4 is 25.1 Å². The smallest absolute Gasteiger partial charge is 0.264 e. The normalized spacial score (nSPS) is 10.6. The number of nitrogens with one attached hydrogen (secondary N) is 1. The number of carbonyl (C=O) groups is 1. The number of hydrogen-bond donors (Lipinski definition) is 1. The summed E-state index contributed by atoms with van der Waals surface area (Å²) in [5.41, 5.74) is 1.04. The molecule has 33 heavy (non-hydrogen) atoms. The molecular weight excluding hydrogens is 426 g/mol. The lowest BCUT2D eigenvalue weighted by atomic mass is 10.2. The zero-order valence-electron chi connectivity index (χ0n) is 18.2. The molecule has 10 nitrogen and oxygen atoms in total. The Balaban J connectivity index is 1.55. The molecule has 0 aliphatic rings. The molecule has 0 atom stereocenters. The van der Waals surface area contributed by atoms with E-state index in [1.165, 1.54) is 31.3 Å². The van der Waals surface area contributed by atoms with Crippen LogP contribution >= 0.6 is 0 Å². The molecule has 4 aromatic rings. The molecule has 0 aliphatic carbocycles. The number of aromatic nitrogens is 4. The molecule has 1 N–H and O–H groups in total. The maximum atomic E-state index is 12.9. The molecule has 0 unspecified atom stereocenters. The molecule has 0 saturated carbocycles. The van der Waals surface area contributed by atoms with Crippen LogP contribution in [0.3, 0.4) is 0 Å². The highest BCUT2D eigenvalue weighted by molar-refractivity contribution is 5.92. The van der Waals surface area contributed by atoms with E-state index in [4.69, 9.17) is 14.2 Å². The summed E-state index contributed by atoms with van der Waals surface area (Å²) < 4.78 is 16.8. The summed E-state index contributed by atoms with van der Waals surface area (Å²) in [6.45, 7) is -0.239. The topological polar surface area (TPSA) is 117 Å². The van der Waals surface area contributed by atoms with E-state index in [9.17, 15) is 9.59 Å². The van der Waals surface area contributed by atoms with Crippen molar-refractivity contribution in [3.05, 3.63) is 65.3 Å². The zero-order valence-corrected chi connectivity index (χ0v) is 18.2. The Hall–Kier alpha value is -4.47. The first-order valence-corrected chi connectivity index (χ1v) is 9.91. The minimum absolute atomic E-state index is 0.213. The zero-order chi connectivity index (χ0) is 23.4. The SMILES string of the molecule is COc1ccc(-c2ncc3c(=O)n(CC(=O)Nc4ccc(OC)cc4OC)cnc3n2)cc1. The number of anilines is 1. The van der Waals surface area contributed by atoms with Gasteiger partial charge in [0, 0.05) is 17.8 Å². The molecule has 0 spiro atoms. The first kappa shape index (κ1) is 21.8. The lowest BCUT2D eigenvalue weighted by Crippen LogP contribution is -2.28. The third-order valence-electron chi connectivity index (χ3n) is 4.92. The van der Waals surface area contributed by atoms with Crippen molar-refractivity contribution in [1.29, 1.82) is 0 Å². The summed E-state index contributed by atoms with van der Waals surface area (Å²) in [6, 6.07) is 12.2. The fraction of sp³-hybridized carbons (Fsp3) is 0.174. The Morgan fingerprint density at radius 1 is 0.970 bits per heavy atom. The second-order valence-corrected chi connectivity index (χ2v) is 6.95. The molecule has 10 heteroatoms. The Morgan fingerprint density at radius 3 is 2.39 bits per heavy atom. The van der Waals surface area contributed by atoms with Gasteiger partial charge in [0.25, 0.3) is 5.56 Å². The predicted molar refractivity (Wildman–Crippen MR) is 122 cm³/mol. The van der Waals surface area contributed by atoms with Gasteiger partial charge in [-0.3, -0.25) is 14.2 Å². The Morgan fingerprint density at radius 2 is 1.70 bits per heavy atom. The first-order valence-electron chi connectivity index (χ1n) is 9.91. The standard InChI is InChI=1S/C23H21N5O5/c1-31-15-6-4-14(5-7-15)21-24-11-17-22(27-21)25-13-28(23(17)30)12-20(29)26-18-9-8-16(32-2)10-19(18)33-3/h4-11,13H,12H2,1-3H3,(H,26,29). The number of rotatable bonds is 7. The minimum atomic E-state index is -0.419. The maximum absolute atomic E-state index is 12.9. The number of carbonyl (C=O) groups excluding carboxylic acids is 1. The molecule has 1 amide bonds. The van der Waals surface area contributed by atoms with Gasteiger partial charge in [0.1, 0.15) is 35.5 Å². The van der Waals surface area contributed by atoms with Crippen LogP contribution in [0.1, 0.15) is 0 Å². The van der Waals surface area contributed by atoms with Crippen molar-refractivity contribution in [2.24, 2.45) is 0 Å². The van der Waals surface area contributed by atoms with E-state index in [0.717, 1.165) is 5.56 Å². The fourth-order valence-electron chi connectivity index (χ4n) is 3.19. The van der Waals surface area contributed by atoms with E-state index in [-0.39, 0.29) is 17.6 Å². The van der Waals surface area contributed by atoms with Crippen molar-refractivity contribution in [3.8, 4) is 28.6 Å². The van der Waals surface area contributed by atoms with Gasteiger partial charge in [0.15, 0.2) is 11.5 Å². The summed E-state index contributed by atoms with van der Waals surface area (Å²) in [5.74, 6) is 1.75. The number of ether oxygens (including phenoxy) is 3. The van der Waals surface area contributed by atoms with Crippen molar-refractivity contribution in [2.75, 3.05) is 26.6 Å². The van der Waals surface area contributed by atoms with Gasteiger partial charge in [-0.15, -0.1) is 0 Å². The molecule has 0 fully saturated rings. The van der Waals surface area contributed by atoms with Crippen LogP contribution in [0.15, 0.2) is 59.8 Å². The van der Waals surface area contributed by atoms with E-state index in [1.807, 2.05) is 12.1 Å². The summed E-state index contributed by atoms with van der Waals surface area (Å²) in [6.07, 6.45) is 2.71. The van der Waals surface area contributed by atoms with Crippen molar-refractivity contribution in [3.63, 3.8) is 0 Å². The molecular formula is C23H21N5O5. The van der Waals surface area contributed by atoms with Crippen LogP contribution in [0, 0.1) is 0 Å². The van der Waals surface area contributed by atoms with Crippen molar-refractivity contribution in [1.82, 2.24) is 19.5 Å². The van der Waals surface area contributed by atoms with Gasteiger partial charge in [-0.1, -0.05) is 0 Å². The van der Waals surface area contributed by atoms with E-state index < -0.39 is 11.5 Å². The average molecular weight is 447 g/mol. The van der Waals surface area contributed by atoms with Gasteiger partial charge in [-0.05, 0) is 36.4 Å². The van der Waals surface area contributed by atoms with Gasteiger partial charge in [0.05, 0.1) is 27.0 Å². The van der Waals surface area contributed by atoms with E-state index in [1.54, 1.807) is 37.4 Å². The third kappa shape index (κ3) is 4.59. The first-order chi connectivity index (χ1) is 16.0. The summed E-state index contributed by atoms with van der Waals surface area (Å²) in [7, 11) is 4.61. The molecule has 0 bridgehead atoms. The molecule has 0 radical (unpaired) electrons. The summed E-state index contributed by atoms with van der Waals surface area (Å²) in [5, 5.41) is 2.94. The highest BCUT2D eigenvalue weighted by atomic mass is 16.5. The van der Waals surface area contributed by atoms with Crippen molar-refractivity contribution < 1.29 is 19.0 Å². The summed E-state index contributed by atoms with van der Waals surface area (Å²) >= 11 is 0. The number of fused-ring (bicyclic) bond motifs is 1. The van der Waals surface area contributed by atoms with E-state index in [2.05, 4.69) is 20.3 Å². The molecule has 0 saturated heterocycles. The van der Waals surface area contributed by atoms with Crippen molar-refractivity contribution >= 4 is 22.6 Å². The lowest BCUT2D eigenvalue weighted by molar-refractivity contribution is -0.116. The predicted octanol–water partition coefficient (Wildman–Crippen LogP) is 2.52. The minimum Gasteiger partial charge on any atom is -0.497 e. The molecule has 2 heterocycles. The number of benzene rings is 2. The maximum Gasteiger partial charge on any atom is 0.264 e. The van der Waals surface area contributed by atoms with Crippen molar-refractivity contribution in [2.45, 2.75) is 6.54 Å². The van der Waals surface area contributed by atoms with Crippen LogP contribution in [0.2, 0.25) is 0 Å². The highest BCUT2D eigenvalue weighted by Crippen LogP contribution is 2.29. The fourth-order valence-corrected chi connectivity index (χ4v) is 3.19. The number of amides is 1. The largest absolute Gasteiger partial charge is 0.497 e. The monoisotopic (exact) mass is 447 g/mol. The van der Waals surface area contributed by atoms with E-state index in [0.29, 0.717) is 28.8 Å². The lowest BCUT2D eigenvalue weighted by Gasteiger charge is -2.12. The second-order valence-electron chi connectivity index (χ2n) is 6.95. The van der Waals surface area contributed by atoms with Crippen LogP contribution in [0.4, 0.5) is 5.69 Å². The van der Waals surface area contributed by atoms with Crippen LogP contribution in [-0.4, -0.2) is 46.8 Å². The molecule has 2 aromatic carbocycles. The third-order valence-corrected chi connectivity index (χ3v) is 4.92.